The van der Waals surface area contributed by atoms with E-state index in [2.05, 4.69) is 4.98 Å². The van der Waals surface area contributed by atoms with Crippen molar-refractivity contribution >= 4 is 10.0 Å². The van der Waals surface area contributed by atoms with Crippen LogP contribution in [0.5, 0.6) is 0 Å². The van der Waals surface area contributed by atoms with Crippen LogP contribution in [0.25, 0.3) is 0 Å². The van der Waals surface area contributed by atoms with Crippen molar-refractivity contribution in [1.29, 1.82) is 0 Å². The first kappa shape index (κ1) is 14.6. The van der Waals surface area contributed by atoms with E-state index < -0.39 is 10.0 Å². The molecule has 0 saturated heterocycles. The third kappa shape index (κ3) is 2.51. The Bertz CT molecular complexity index is 924. The molecule has 2 aliphatic rings. The Morgan fingerprint density at radius 3 is 2.65 bits per heavy atom. The highest BCUT2D eigenvalue weighted by molar-refractivity contribution is 7.89. The molecule has 0 radical (unpaired) electrons. The van der Waals surface area contributed by atoms with Crippen LogP contribution in [-0.2, 0) is 30.0 Å². The van der Waals surface area contributed by atoms with Crippen LogP contribution in [0.4, 0.5) is 0 Å². The van der Waals surface area contributed by atoms with Gasteiger partial charge in [0.1, 0.15) is 0 Å². The second-order valence-electron chi connectivity index (χ2n) is 6.27. The minimum absolute atomic E-state index is 0.0206. The summed E-state index contributed by atoms with van der Waals surface area (Å²) in [6, 6.07) is 1.95. The van der Waals surface area contributed by atoms with Crippen molar-refractivity contribution in [3.8, 4) is 0 Å². The number of imidazole rings is 1. The first-order valence-electron chi connectivity index (χ1n) is 7.67. The van der Waals surface area contributed by atoms with E-state index >= 15 is 0 Å². The summed E-state index contributed by atoms with van der Waals surface area (Å²) in [7, 11) is -1.86. The van der Waals surface area contributed by atoms with Crippen molar-refractivity contribution in [1.82, 2.24) is 18.4 Å². The molecule has 0 unspecified atom stereocenters. The lowest BCUT2D eigenvalue weighted by Crippen LogP contribution is -2.37. The Morgan fingerprint density at radius 1 is 1.22 bits per heavy atom. The maximum absolute atomic E-state index is 12.7. The number of fused-ring (bicyclic) bond motifs is 1. The molecule has 2 aromatic rings. The van der Waals surface area contributed by atoms with Gasteiger partial charge in [0, 0.05) is 44.6 Å². The van der Waals surface area contributed by atoms with Gasteiger partial charge in [0.05, 0.1) is 6.33 Å². The van der Waals surface area contributed by atoms with Crippen LogP contribution >= 0.6 is 0 Å². The zero-order valence-corrected chi connectivity index (χ0v) is 13.7. The second-order valence-corrected chi connectivity index (χ2v) is 8.15. The van der Waals surface area contributed by atoms with Gasteiger partial charge in [0.15, 0.2) is 5.03 Å². The maximum Gasteiger partial charge on any atom is 0.262 e. The molecular weight excluding hydrogens is 316 g/mol. The van der Waals surface area contributed by atoms with Gasteiger partial charge < -0.3 is 9.13 Å². The van der Waals surface area contributed by atoms with Gasteiger partial charge in [0.25, 0.3) is 15.6 Å². The molecule has 0 amide bonds. The summed E-state index contributed by atoms with van der Waals surface area (Å²) in [6.45, 7) is 0.667. The molecule has 1 aliphatic carbocycles. The number of pyridine rings is 1. The fraction of sp³-hybridized carbons (Fsp3) is 0.467. The Morgan fingerprint density at radius 2 is 2.00 bits per heavy atom. The van der Waals surface area contributed by atoms with Gasteiger partial charge >= 0.3 is 0 Å². The normalized spacial score (nSPS) is 18.8. The average Bonchev–Trinajstić information content (AvgIpc) is 3.26. The summed E-state index contributed by atoms with van der Waals surface area (Å²) in [4.78, 5) is 16.1. The van der Waals surface area contributed by atoms with E-state index in [0.717, 1.165) is 24.0 Å². The first-order chi connectivity index (χ1) is 10.9. The first-order valence-corrected chi connectivity index (χ1v) is 9.11. The third-order valence-electron chi connectivity index (χ3n) is 4.46. The number of sulfonamides is 1. The van der Waals surface area contributed by atoms with E-state index in [-0.39, 0.29) is 16.6 Å². The minimum Gasteiger partial charge on any atom is -0.339 e. The van der Waals surface area contributed by atoms with Crippen molar-refractivity contribution in [2.75, 3.05) is 6.54 Å². The molecule has 0 N–H and O–H groups in total. The van der Waals surface area contributed by atoms with Crippen molar-refractivity contribution in [3.63, 3.8) is 0 Å². The standard InChI is InChI=1S/C15H18N4O3S/c1-17-9-14(16-10-17)23(21,22)18-5-4-11-6-15(20)19(13-2-3-13)8-12(11)7-18/h6,8-10,13H,2-5,7H2,1H3. The van der Waals surface area contributed by atoms with Crippen molar-refractivity contribution in [2.24, 2.45) is 7.05 Å². The Kier molecular flexibility index (Phi) is 3.21. The maximum atomic E-state index is 12.7. The highest BCUT2D eigenvalue weighted by atomic mass is 32.2. The number of aromatic nitrogens is 3. The van der Waals surface area contributed by atoms with Gasteiger partial charge in [-0.05, 0) is 30.4 Å². The van der Waals surface area contributed by atoms with Gasteiger partial charge in [0.2, 0.25) is 0 Å². The second kappa shape index (κ2) is 5.04. The van der Waals surface area contributed by atoms with E-state index in [1.54, 1.807) is 22.2 Å². The molecule has 3 heterocycles. The van der Waals surface area contributed by atoms with Gasteiger partial charge in [-0.15, -0.1) is 0 Å². The van der Waals surface area contributed by atoms with Gasteiger partial charge in [-0.1, -0.05) is 0 Å². The molecular formula is C15H18N4O3S. The molecule has 2 aromatic heterocycles. The molecule has 1 fully saturated rings. The molecule has 122 valence electrons. The van der Waals surface area contributed by atoms with Crippen LogP contribution < -0.4 is 5.56 Å². The number of hydrogen-bond donors (Lipinski definition) is 0. The molecule has 0 spiro atoms. The number of rotatable bonds is 3. The monoisotopic (exact) mass is 334 g/mol. The minimum atomic E-state index is -3.60. The van der Waals surface area contributed by atoms with Gasteiger partial charge in [-0.3, -0.25) is 4.79 Å². The molecule has 0 atom stereocenters. The van der Waals surface area contributed by atoms with Crippen molar-refractivity contribution in [3.05, 3.63) is 46.3 Å². The zero-order chi connectivity index (χ0) is 16.2. The Labute approximate surface area is 134 Å². The van der Waals surface area contributed by atoms with Crippen LogP contribution in [0.3, 0.4) is 0 Å². The highest BCUT2D eigenvalue weighted by Crippen LogP contribution is 2.34. The summed E-state index contributed by atoms with van der Waals surface area (Å²) >= 11 is 0. The lowest BCUT2D eigenvalue weighted by Gasteiger charge is -2.27. The summed E-state index contributed by atoms with van der Waals surface area (Å²) in [5.74, 6) is 0. The largest absolute Gasteiger partial charge is 0.339 e. The lowest BCUT2D eigenvalue weighted by atomic mass is 10.0. The average molecular weight is 334 g/mol. The van der Waals surface area contributed by atoms with Crippen molar-refractivity contribution < 1.29 is 8.42 Å². The van der Waals surface area contributed by atoms with Gasteiger partial charge in [-0.2, -0.15) is 4.31 Å². The molecule has 4 rings (SSSR count). The third-order valence-corrected chi connectivity index (χ3v) is 6.19. The predicted molar refractivity (Wildman–Crippen MR) is 83.5 cm³/mol. The quantitative estimate of drug-likeness (QED) is 0.826. The number of aryl methyl sites for hydroxylation is 1. The molecule has 23 heavy (non-hydrogen) atoms. The Hall–Kier alpha value is -1.93. The van der Waals surface area contributed by atoms with Crippen molar-refractivity contribution in [2.45, 2.75) is 36.9 Å². The van der Waals surface area contributed by atoms with E-state index in [4.69, 9.17) is 0 Å². The van der Waals surface area contributed by atoms with Crippen LogP contribution in [0.2, 0.25) is 0 Å². The van der Waals surface area contributed by atoms with Crippen LogP contribution in [-0.4, -0.2) is 33.4 Å². The van der Waals surface area contributed by atoms with E-state index in [0.29, 0.717) is 19.5 Å². The smallest absolute Gasteiger partial charge is 0.262 e. The molecule has 7 nitrogen and oxygen atoms in total. The fourth-order valence-corrected chi connectivity index (χ4v) is 4.40. The van der Waals surface area contributed by atoms with Gasteiger partial charge in [-0.25, -0.2) is 13.4 Å². The van der Waals surface area contributed by atoms with Crippen LogP contribution in [0.1, 0.15) is 30.0 Å². The lowest BCUT2D eigenvalue weighted by molar-refractivity contribution is 0.387. The molecule has 1 aliphatic heterocycles. The zero-order valence-electron chi connectivity index (χ0n) is 12.8. The summed E-state index contributed by atoms with van der Waals surface area (Å²) < 4.78 is 30.2. The van der Waals surface area contributed by atoms with Crippen LogP contribution in [0.15, 0.2) is 34.6 Å². The molecule has 8 heteroatoms. The van der Waals surface area contributed by atoms with E-state index in [1.807, 2.05) is 6.20 Å². The Balaban J connectivity index is 1.68. The van der Waals surface area contributed by atoms with Crippen LogP contribution in [0, 0.1) is 0 Å². The summed E-state index contributed by atoms with van der Waals surface area (Å²) in [5, 5.41) is 0.0685. The fourth-order valence-electron chi connectivity index (χ4n) is 3.02. The molecule has 0 bridgehead atoms. The highest BCUT2D eigenvalue weighted by Gasteiger charge is 2.32. The number of hydrogen-bond acceptors (Lipinski definition) is 4. The summed E-state index contributed by atoms with van der Waals surface area (Å²) in [6.07, 6.45) is 7.44. The predicted octanol–water partition coefficient (Wildman–Crippen LogP) is 0.664. The van der Waals surface area contributed by atoms with E-state index in [1.165, 1.54) is 16.8 Å². The topological polar surface area (TPSA) is 77.2 Å². The SMILES string of the molecule is Cn1cnc(S(=O)(=O)N2CCc3cc(=O)n(C4CC4)cc3C2)c1. The number of nitrogens with zero attached hydrogens (tertiary/aromatic N) is 4. The van der Waals surface area contributed by atoms with E-state index in [9.17, 15) is 13.2 Å². The molecule has 0 aromatic carbocycles. The summed E-state index contributed by atoms with van der Waals surface area (Å²) in [5.41, 5.74) is 1.90. The molecule has 1 saturated carbocycles.